The zero-order valence-corrected chi connectivity index (χ0v) is 14.8. The molecule has 1 heterocycles. The lowest BCUT2D eigenvalue weighted by Crippen LogP contribution is -2.13. The van der Waals surface area contributed by atoms with Gasteiger partial charge in [-0.05, 0) is 54.6 Å². The molecule has 2 aromatic carbocycles. The van der Waals surface area contributed by atoms with Crippen molar-refractivity contribution in [2.24, 2.45) is 0 Å². The Kier molecular flexibility index (Phi) is 5.58. The van der Waals surface area contributed by atoms with E-state index in [1.807, 2.05) is 6.07 Å². The molecule has 0 atom stereocenters. The molecular weight excluding hydrogens is 357 g/mol. The highest BCUT2D eigenvalue weighted by Crippen LogP contribution is 2.28. The second-order valence-electron chi connectivity index (χ2n) is 5.67. The zero-order valence-electron chi connectivity index (χ0n) is 14.1. The van der Waals surface area contributed by atoms with Crippen LogP contribution in [0, 0.1) is 5.82 Å². The number of methoxy groups -OCH3 is 1. The molecule has 0 aliphatic carbocycles. The van der Waals surface area contributed by atoms with Crippen molar-refractivity contribution in [3.63, 3.8) is 0 Å². The maximum atomic E-state index is 13.0. The molecule has 1 N–H and O–H groups in total. The fourth-order valence-electron chi connectivity index (χ4n) is 2.51. The first-order valence-corrected chi connectivity index (χ1v) is 8.41. The molecule has 4 nitrogen and oxygen atoms in total. The van der Waals surface area contributed by atoms with E-state index in [1.165, 1.54) is 19.2 Å². The molecule has 26 heavy (non-hydrogen) atoms. The Morgan fingerprint density at radius 1 is 1.15 bits per heavy atom. The minimum Gasteiger partial charge on any atom is -0.495 e. The van der Waals surface area contributed by atoms with Gasteiger partial charge >= 0.3 is 0 Å². The van der Waals surface area contributed by atoms with Gasteiger partial charge in [-0.15, -0.1) is 0 Å². The number of benzene rings is 2. The van der Waals surface area contributed by atoms with Crippen LogP contribution in [-0.4, -0.2) is 13.0 Å². The first kappa shape index (κ1) is 18.0. The number of ether oxygens (including phenoxy) is 1. The zero-order chi connectivity index (χ0) is 18.5. The van der Waals surface area contributed by atoms with Crippen molar-refractivity contribution >= 4 is 23.2 Å². The van der Waals surface area contributed by atoms with Crippen LogP contribution in [0.25, 0.3) is 11.3 Å². The summed E-state index contributed by atoms with van der Waals surface area (Å²) in [4.78, 5) is 12.2. The van der Waals surface area contributed by atoms with E-state index in [2.05, 4.69) is 5.32 Å². The molecule has 0 saturated heterocycles. The van der Waals surface area contributed by atoms with Crippen LogP contribution < -0.4 is 10.1 Å². The average Bonchev–Trinajstić information content (AvgIpc) is 3.10. The van der Waals surface area contributed by atoms with Gasteiger partial charge in [0.25, 0.3) is 0 Å². The molecule has 0 aliphatic heterocycles. The number of hydrogen-bond acceptors (Lipinski definition) is 3. The normalized spacial score (nSPS) is 10.6. The standard InChI is InChI=1S/C20H17ClFNO3/c1-25-19-9-4-14(21)12-17(19)23-20(24)11-8-16-7-10-18(26-16)13-2-5-15(22)6-3-13/h2-7,9-10,12H,8,11H2,1H3,(H,23,24). The molecule has 0 bridgehead atoms. The Morgan fingerprint density at radius 2 is 1.92 bits per heavy atom. The maximum Gasteiger partial charge on any atom is 0.224 e. The van der Waals surface area contributed by atoms with Crippen molar-refractivity contribution in [3.8, 4) is 17.1 Å². The topological polar surface area (TPSA) is 51.5 Å². The minimum absolute atomic E-state index is 0.176. The molecule has 1 aromatic heterocycles. The minimum atomic E-state index is -0.298. The van der Waals surface area contributed by atoms with E-state index in [0.717, 1.165) is 5.56 Å². The lowest BCUT2D eigenvalue weighted by Gasteiger charge is -2.10. The summed E-state index contributed by atoms with van der Waals surface area (Å²) in [6.45, 7) is 0. The van der Waals surface area contributed by atoms with Crippen molar-refractivity contribution in [2.45, 2.75) is 12.8 Å². The van der Waals surface area contributed by atoms with Crippen LogP contribution in [0.1, 0.15) is 12.2 Å². The van der Waals surface area contributed by atoms with Gasteiger partial charge in [0.2, 0.25) is 5.91 Å². The summed E-state index contributed by atoms with van der Waals surface area (Å²) in [6, 6.07) is 14.7. The van der Waals surface area contributed by atoms with Gasteiger partial charge in [-0.1, -0.05) is 11.6 Å². The fraction of sp³-hybridized carbons (Fsp3) is 0.150. The van der Waals surface area contributed by atoms with Gasteiger partial charge < -0.3 is 14.5 Å². The van der Waals surface area contributed by atoms with Crippen LogP contribution in [0.15, 0.2) is 59.0 Å². The lowest BCUT2D eigenvalue weighted by molar-refractivity contribution is -0.116. The van der Waals surface area contributed by atoms with E-state index in [4.69, 9.17) is 20.8 Å². The second-order valence-corrected chi connectivity index (χ2v) is 6.10. The number of furan rings is 1. The van der Waals surface area contributed by atoms with Gasteiger partial charge in [-0.2, -0.15) is 0 Å². The molecule has 1 amide bonds. The van der Waals surface area contributed by atoms with E-state index in [0.29, 0.717) is 34.4 Å². The molecule has 134 valence electrons. The van der Waals surface area contributed by atoms with Crippen molar-refractivity contribution < 1.29 is 18.3 Å². The first-order chi connectivity index (χ1) is 12.5. The van der Waals surface area contributed by atoms with Gasteiger partial charge in [-0.25, -0.2) is 4.39 Å². The maximum absolute atomic E-state index is 13.0. The number of carbonyl (C=O) groups excluding carboxylic acids is 1. The van der Waals surface area contributed by atoms with Crippen LogP contribution in [-0.2, 0) is 11.2 Å². The van der Waals surface area contributed by atoms with Gasteiger partial charge in [-0.3, -0.25) is 4.79 Å². The number of hydrogen-bond donors (Lipinski definition) is 1. The summed E-state index contributed by atoms with van der Waals surface area (Å²) in [5, 5.41) is 3.30. The Morgan fingerprint density at radius 3 is 2.65 bits per heavy atom. The van der Waals surface area contributed by atoms with Gasteiger partial charge in [0.05, 0.1) is 12.8 Å². The van der Waals surface area contributed by atoms with Crippen molar-refractivity contribution in [3.05, 3.63) is 71.2 Å². The molecule has 0 saturated carbocycles. The predicted molar refractivity (Wildman–Crippen MR) is 99.1 cm³/mol. The van der Waals surface area contributed by atoms with Crippen LogP contribution in [0.3, 0.4) is 0 Å². The molecule has 0 fully saturated rings. The molecule has 6 heteroatoms. The van der Waals surface area contributed by atoms with E-state index in [-0.39, 0.29) is 18.1 Å². The number of halogens is 2. The summed E-state index contributed by atoms with van der Waals surface area (Å²) in [6.07, 6.45) is 0.682. The lowest BCUT2D eigenvalue weighted by atomic mass is 10.2. The molecule has 0 aliphatic rings. The highest BCUT2D eigenvalue weighted by atomic mass is 35.5. The van der Waals surface area contributed by atoms with Crippen molar-refractivity contribution in [1.82, 2.24) is 0 Å². The number of anilines is 1. The third kappa shape index (κ3) is 4.43. The van der Waals surface area contributed by atoms with E-state index in [1.54, 1.807) is 36.4 Å². The summed E-state index contributed by atoms with van der Waals surface area (Å²) in [7, 11) is 1.53. The number of nitrogens with one attached hydrogen (secondary N) is 1. The highest BCUT2D eigenvalue weighted by Gasteiger charge is 2.11. The predicted octanol–water partition coefficient (Wildman–Crippen LogP) is 5.32. The van der Waals surface area contributed by atoms with Crippen LogP contribution in [0.4, 0.5) is 10.1 Å². The molecule has 0 spiro atoms. The Bertz CT molecular complexity index is 906. The summed E-state index contributed by atoms with van der Waals surface area (Å²) >= 11 is 5.96. The van der Waals surface area contributed by atoms with Gasteiger partial charge in [0.15, 0.2) is 0 Å². The van der Waals surface area contributed by atoms with E-state index < -0.39 is 0 Å². The number of carbonyl (C=O) groups is 1. The Labute approximate surface area is 155 Å². The number of aryl methyl sites for hydroxylation is 1. The Balaban J connectivity index is 1.60. The average molecular weight is 374 g/mol. The van der Waals surface area contributed by atoms with Crippen molar-refractivity contribution in [1.29, 1.82) is 0 Å². The van der Waals surface area contributed by atoms with Crippen LogP contribution in [0.5, 0.6) is 5.75 Å². The van der Waals surface area contributed by atoms with E-state index >= 15 is 0 Å². The second kappa shape index (κ2) is 8.06. The third-order valence-corrected chi connectivity index (χ3v) is 4.06. The Hall–Kier alpha value is -2.79. The first-order valence-electron chi connectivity index (χ1n) is 8.03. The smallest absolute Gasteiger partial charge is 0.224 e. The molecule has 3 rings (SSSR count). The van der Waals surface area contributed by atoms with Gasteiger partial charge in [0, 0.05) is 23.4 Å². The number of rotatable bonds is 6. The molecular formula is C20H17ClFNO3. The largest absolute Gasteiger partial charge is 0.495 e. The molecule has 0 radical (unpaired) electrons. The summed E-state index contributed by atoms with van der Waals surface area (Å²) in [5.74, 6) is 1.38. The van der Waals surface area contributed by atoms with Crippen LogP contribution >= 0.6 is 11.6 Å². The third-order valence-electron chi connectivity index (χ3n) is 3.82. The molecule has 3 aromatic rings. The molecule has 0 unspecified atom stereocenters. The van der Waals surface area contributed by atoms with Crippen LogP contribution in [0.2, 0.25) is 5.02 Å². The quantitative estimate of drug-likeness (QED) is 0.636. The van der Waals surface area contributed by atoms with E-state index in [9.17, 15) is 9.18 Å². The SMILES string of the molecule is COc1ccc(Cl)cc1NC(=O)CCc1ccc(-c2ccc(F)cc2)o1. The summed E-state index contributed by atoms with van der Waals surface area (Å²) in [5.41, 5.74) is 1.31. The highest BCUT2D eigenvalue weighted by molar-refractivity contribution is 6.31. The monoisotopic (exact) mass is 373 g/mol. The fourth-order valence-corrected chi connectivity index (χ4v) is 2.68. The van der Waals surface area contributed by atoms with Crippen molar-refractivity contribution in [2.75, 3.05) is 12.4 Å². The number of amides is 1. The van der Waals surface area contributed by atoms with Gasteiger partial charge in [0.1, 0.15) is 23.1 Å². The summed E-state index contributed by atoms with van der Waals surface area (Å²) < 4.78 is 23.9.